The molecule has 0 radical (unpaired) electrons. The minimum absolute atomic E-state index is 0.00294. The molecule has 0 amide bonds. The molecule has 0 saturated heterocycles. The third-order valence-corrected chi connectivity index (χ3v) is 7.36. The Kier molecular flexibility index (Phi) is 5.46. The van der Waals surface area contributed by atoms with Gasteiger partial charge in [0.25, 0.3) is 0 Å². The van der Waals surface area contributed by atoms with Crippen LogP contribution in [-0.4, -0.2) is 18.9 Å². The molecule has 2 aromatic carbocycles. The highest BCUT2D eigenvalue weighted by Crippen LogP contribution is 2.34. The second-order valence-corrected chi connectivity index (χ2v) is 11.1. The fourth-order valence-corrected chi connectivity index (χ4v) is 5.32. The third kappa shape index (κ3) is 4.00. The predicted octanol–water partition coefficient (Wildman–Crippen LogP) is 7.21. The molecular formula is C34H29N5O. The van der Waals surface area contributed by atoms with Crippen LogP contribution in [0.15, 0.2) is 103 Å². The van der Waals surface area contributed by atoms with E-state index < -0.39 is 0 Å². The average molecular weight is 524 g/mol. The summed E-state index contributed by atoms with van der Waals surface area (Å²) in [5.41, 5.74) is 6.14. The monoisotopic (exact) mass is 523 g/mol. The molecule has 0 saturated carbocycles. The summed E-state index contributed by atoms with van der Waals surface area (Å²) in [5, 5.41) is 2.19. The number of nitrogens with zero attached hydrogens (tertiary/aromatic N) is 5. The maximum atomic E-state index is 6.36. The van der Waals surface area contributed by atoms with Crippen molar-refractivity contribution in [3.05, 3.63) is 115 Å². The zero-order valence-corrected chi connectivity index (χ0v) is 23.0. The van der Waals surface area contributed by atoms with Crippen LogP contribution in [0.1, 0.15) is 26.3 Å². The van der Waals surface area contributed by atoms with Crippen LogP contribution in [0.3, 0.4) is 0 Å². The van der Waals surface area contributed by atoms with E-state index in [1.165, 1.54) is 5.56 Å². The first-order valence-corrected chi connectivity index (χ1v) is 13.4. The SMILES string of the molecule is C[n+]1[c-]c(-c2cccc(Oc3ccc4c5ccccc5n(-c5cc(C(C)(C)C)ccn5)c4n3)c2)n2ccccc21. The average Bonchev–Trinajstić information content (AvgIpc) is 3.47. The molecule has 0 aliphatic rings. The zero-order valence-electron chi connectivity index (χ0n) is 23.0. The lowest BCUT2D eigenvalue weighted by Gasteiger charge is -2.19. The van der Waals surface area contributed by atoms with E-state index in [-0.39, 0.29) is 5.41 Å². The molecule has 0 spiro atoms. The van der Waals surface area contributed by atoms with Gasteiger partial charge in [-0.05, 0) is 53.4 Å². The first-order chi connectivity index (χ1) is 19.4. The first-order valence-electron chi connectivity index (χ1n) is 13.4. The van der Waals surface area contributed by atoms with E-state index in [0.717, 1.165) is 44.7 Å². The number of rotatable bonds is 4. The molecule has 6 nitrogen and oxygen atoms in total. The summed E-state index contributed by atoms with van der Waals surface area (Å²) in [7, 11) is 2.00. The highest BCUT2D eigenvalue weighted by Gasteiger charge is 2.19. The molecular weight excluding hydrogens is 494 g/mol. The van der Waals surface area contributed by atoms with Crippen LogP contribution in [0.2, 0.25) is 0 Å². The highest BCUT2D eigenvalue weighted by atomic mass is 16.5. The Labute approximate surface area is 232 Å². The fraction of sp³-hybridized carbons (Fsp3) is 0.147. The minimum Gasteiger partial charge on any atom is -0.440 e. The Morgan fingerprint density at radius 2 is 1.70 bits per heavy atom. The fourth-order valence-electron chi connectivity index (χ4n) is 5.32. The largest absolute Gasteiger partial charge is 0.440 e. The van der Waals surface area contributed by atoms with Gasteiger partial charge in [0.1, 0.15) is 11.6 Å². The van der Waals surface area contributed by atoms with Crippen LogP contribution >= 0.6 is 0 Å². The van der Waals surface area contributed by atoms with Gasteiger partial charge in [0.05, 0.1) is 30.7 Å². The van der Waals surface area contributed by atoms with Gasteiger partial charge in [-0.25, -0.2) is 4.98 Å². The number of imidazole rings is 1. The van der Waals surface area contributed by atoms with Crippen LogP contribution in [-0.2, 0) is 12.5 Å². The lowest BCUT2D eigenvalue weighted by molar-refractivity contribution is -0.648. The van der Waals surface area contributed by atoms with E-state index in [1.54, 1.807) is 0 Å². The number of para-hydroxylation sites is 1. The number of benzene rings is 2. The summed E-state index contributed by atoms with van der Waals surface area (Å²) in [6.45, 7) is 6.64. The maximum absolute atomic E-state index is 6.36. The van der Waals surface area contributed by atoms with Crippen molar-refractivity contribution in [2.24, 2.45) is 7.05 Å². The van der Waals surface area contributed by atoms with E-state index in [4.69, 9.17) is 14.7 Å². The van der Waals surface area contributed by atoms with E-state index in [2.05, 4.69) is 90.5 Å². The number of pyridine rings is 3. The van der Waals surface area contributed by atoms with Crippen molar-refractivity contribution in [2.45, 2.75) is 26.2 Å². The number of fused-ring (bicyclic) bond motifs is 4. The van der Waals surface area contributed by atoms with Gasteiger partial charge >= 0.3 is 0 Å². The summed E-state index contributed by atoms with van der Waals surface area (Å²) in [6, 6.07) is 30.8. The first kappa shape index (κ1) is 24.1. The van der Waals surface area contributed by atoms with Crippen LogP contribution in [0, 0.1) is 6.20 Å². The van der Waals surface area contributed by atoms with E-state index in [0.29, 0.717) is 11.6 Å². The molecule has 40 heavy (non-hydrogen) atoms. The normalized spacial score (nSPS) is 12.0. The lowest BCUT2D eigenvalue weighted by Crippen LogP contribution is -2.25. The van der Waals surface area contributed by atoms with Crippen molar-refractivity contribution >= 4 is 27.6 Å². The van der Waals surface area contributed by atoms with Gasteiger partial charge in [0.15, 0.2) is 11.3 Å². The standard InChI is InChI=1S/C34H29N5O/c1-34(2,3)24-17-18-35-30(21-24)39-28-13-6-5-12-26(28)27-15-16-31(36-33(27)39)40-25-11-9-10-23(20-25)29-22-37(4)32-14-7-8-19-38(29)32/h5-21H,1-4H3. The molecule has 0 aliphatic heterocycles. The number of hydrogen-bond acceptors (Lipinski definition) is 3. The molecule has 0 bridgehead atoms. The predicted molar refractivity (Wildman–Crippen MR) is 158 cm³/mol. The second-order valence-electron chi connectivity index (χ2n) is 11.1. The van der Waals surface area contributed by atoms with Gasteiger partial charge in [-0.3, -0.25) is 8.97 Å². The topological polar surface area (TPSA) is 48.2 Å². The molecule has 6 heteroatoms. The van der Waals surface area contributed by atoms with Crippen molar-refractivity contribution in [2.75, 3.05) is 0 Å². The zero-order chi connectivity index (χ0) is 27.4. The summed E-state index contributed by atoms with van der Waals surface area (Å²) >= 11 is 0. The third-order valence-electron chi connectivity index (χ3n) is 7.36. The second kappa shape index (κ2) is 9.06. The van der Waals surface area contributed by atoms with E-state index in [1.807, 2.05) is 60.4 Å². The minimum atomic E-state index is 0.00294. The maximum Gasteiger partial charge on any atom is 0.221 e. The van der Waals surface area contributed by atoms with Crippen LogP contribution in [0.25, 0.3) is 44.7 Å². The van der Waals surface area contributed by atoms with Crippen molar-refractivity contribution in [3.8, 4) is 28.7 Å². The van der Waals surface area contributed by atoms with Gasteiger partial charge in [-0.2, -0.15) is 4.98 Å². The molecule has 0 unspecified atom stereocenters. The van der Waals surface area contributed by atoms with Crippen LogP contribution < -0.4 is 9.30 Å². The number of aryl methyl sites for hydroxylation is 1. The molecule has 0 N–H and O–H groups in total. The molecule has 7 rings (SSSR count). The quantitative estimate of drug-likeness (QED) is 0.181. The van der Waals surface area contributed by atoms with Gasteiger partial charge in [0.2, 0.25) is 5.88 Å². The molecule has 5 heterocycles. The number of aromatic nitrogens is 5. The van der Waals surface area contributed by atoms with Gasteiger partial charge in [-0.1, -0.05) is 62.7 Å². The van der Waals surface area contributed by atoms with E-state index in [9.17, 15) is 0 Å². The van der Waals surface area contributed by atoms with Gasteiger partial charge in [-0.15, -0.1) is 6.07 Å². The molecule has 5 aromatic heterocycles. The Morgan fingerprint density at radius 1 is 0.850 bits per heavy atom. The molecule has 196 valence electrons. The Hall–Kier alpha value is -4.97. The van der Waals surface area contributed by atoms with Crippen molar-refractivity contribution in [1.29, 1.82) is 0 Å². The number of ether oxygens (including phenoxy) is 1. The molecule has 7 aromatic rings. The Bertz CT molecular complexity index is 2040. The molecule has 0 atom stereocenters. The summed E-state index contributed by atoms with van der Waals surface area (Å²) in [5.74, 6) is 2.07. The highest BCUT2D eigenvalue weighted by molar-refractivity contribution is 6.07. The van der Waals surface area contributed by atoms with Crippen LogP contribution in [0.4, 0.5) is 0 Å². The van der Waals surface area contributed by atoms with Crippen LogP contribution in [0.5, 0.6) is 11.6 Å². The van der Waals surface area contributed by atoms with Crippen molar-refractivity contribution in [1.82, 2.24) is 18.9 Å². The summed E-state index contributed by atoms with van der Waals surface area (Å²) < 4.78 is 12.6. The van der Waals surface area contributed by atoms with Gasteiger partial charge < -0.3 is 9.30 Å². The van der Waals surface area contributed by atoms with Gasteiger partial charge in [0, 0.05) is 23.0 Å². The smallest absolute Gasteiger partial charge is 0.221 e. The Balaban J connectivity index is 1.33. The number of hydrogen-bond donors (Lipinski definition) is 0. The summed E-state index contributed by atoms with van der Waals surface area (Å²) in [6.07, 6.45) is 7.36. The summed E-state index contributed by atoms with van der Waals surface area (Å²) in [4.78, 5) is 9.77. The van der Waals surface area contributed by atoms with E-state index >= 15 is 0 Å². The molecule has 0 fully saturated rings. The Morgan fingerprint density at radius 3 is 2.58 bits per heavy atom. The lowest BCUT2D eigenvalue weighted by atomic mass is 9.88. The van der Waals surface area contributed by atoms with Crippen molar-refractivity contribution in [3.63, 3.8) is 0 Å². The molecule has 0 aliphatic carbocycles. The van der Waals surface area contributed by atoms with Crippen molar-refractivity contribution < 1.29 is 9.30 Å².